The molecule has 1 aromatic heterocycles. The van der Waals surface area contributed by atoms with Gasteiger partial charge < -0.3 is 10.2 Å². The lowest BCUT2D eigenvalue weighted by Gasteiger charge is -2.08. The molecule has 0 spiro atoms. The highest BCUT2D eigenvalue weighted by atomic mass is 19.1. The van der Waals surface area contributed by atoms with E-state index in [1.165, 1.54) is 0 Å². The van der Waals surface area contributed by atoms with Crippen molar-refractivity contribution in [2.75, 3.05) is 23.9 Å². The topological polar surface area (TPSA) is 41.1 Å². The molecular formula is C8H11FN4. The Morgan fingerprint density at radius 1 is 1.54 bits per heavy atom. The first-order valence-electron chi connectivity index (χ1n) is 4.23. The van der Waals surface area contributed by atoms with Gasteiger partial charge in [0.1, 0.15) is 5.69 Å². The molecule has 5 heteroatoms. The highest BCUT2D eigenvalue weighted by Gasteiger charge is 2.21. The van der Waals surface area contributed by atoms with E-state index < -0.39 is 6.08 Å². The summed E-state index contributed by atoms with van der Waals surface area (Å²) in [6.45, 7) is 2.61. The molecule has 13 heavy (non-hydrogen) atoms. The highest BCUT2D eigenvalue weighted by molar-refractivity contribution is 5.72. The molecule has 0 radical (unpaired) electrons. The number of aromatic nitrogens is 2. The van der Waals surface area contributed by atoms with E-state index in [-0.39, 0.29) is 0 Å². The van der Waals surface area contributed by atoms with E-state index in [1.54, 1.807) is 0 Å². The molecule has 1 aliphatic heterocycles. The van der Waals surface area contributed by atoms with Crippen molar-refractivity contribution in [1.29, 1.82) is 0 Å². The average Bonchev–Trinajstić information content (AvgIpc) is 2.47. The van der Waals surface area contributed by atoms with Crippen molar-refractivity contribution in [3.05, 3.63) is 11.8 Å². The number of hydrogen-bond acceptors (Lipinski definition) is 4. The first-order chi connectivity index (χ1) is 6.22. The monoisotopic (exact) mass is 182 g/mol. The van der Waals surface area contributed by atoms with Gasteiger partial charge in [-0.1, -0.05) is 6.92 Å². The number of anilines is 2. The standard InChI is InChI=1S/C8H11FN4/c1-3-5-6-7(12-8(9)11-5)13(2)4-10-6/h10H,3-4H2,1-2H3. The maximum absolute atomic E-state index is 12.9. The van der Waals surface area contributed by atoms with Gasteiger partial charge in [-0.15, -0.1) is 0 Å². The van der Waals surface area contributed by atoms with Crippen molar-refractivity contribution in [3.63, 3.8) is 0 Å². The van der Waals surface area contributed by atoms with Gasteiger partial charge in [-0.2, -0.15) is 9.37 Å². The van der Waals surface area contributed by atoms with Crippen LogP contribution in [-0.4, -0.2) is 23.7 Å². The minimum Gasteiger partial charge on any atom is -0.363 e. The van der Waals surface area contributed by atoms with Crippen LogP contribution in [0.25, 0.3) is 0 Å². The van der Waals surface area contributed by atoms with E-state index in [4.69, 9.17) is 0 Å². The van der Waals surface area contributed by atoms with Gasteiger partial charge in [0.25, 0.3) is 0 Å². The summed E-state index contributed by atoms with van der Waals surface area (Å²) in [4.78, 5) is 9.32. The van der Waals surface area contributed by atoms with E-state index in [2.05, 4.69) is 15.3 Å². The second kappa shape index (κ2) is 2.83. The van der Waals surface area contributed by atoms with Crippen LogP contribution in [0, 0.1) is 6.08 Å². The predicted molar refractivity (Wildman–Crippen MR) is 48.3 cm³/mol. The Hall–Kier alpha value is -1.39. The molecule has 1 aromatic rings. The number of aryl methyl sites for hydroxylation is 1. The van der Waals surface area contributed by atoms with Crippen molar-refractivity contribution >= 4 is 11.5 Å². The molecule has 2 heterocycles. The van der Waals surface area contributed by atoms with Gasteiger partial charge in [0, 0.05) is 7.05 Å². The van der Waals surface area contributed by atoms with Crippen LogP contribution in [0.15, 0.2) is 0 Å². The zero-order valence-electron chi connectivity index (χ0n) is 7.63. The largest absolute Gasteiger partial charge is 0.363 e. The summed E-state index contributed by atoms with van der Waals surface area (Å²) in [6, 6.07) is 0. The molecule has 4 nitrogen and oxygen atoms in total. The summed E-state index contributed by atoms with van der Waals surface area (Å²) in [5.41, 5.74) is 1.61. The molecule has 0 amide bonds. The number of halogens is 1. The molecule has 0 unspecified atom stereocenters. The van der Waals surface area contributed by atoms with Gasteiger partial charge in [-0.3, -0.25) is 0 Å². The van der Waals surface area contributed by atoms with Crippen molar-refractivity contribution in [2.45, 2.75) is 13.3 Å². The summed E-state index contributed by atoms with van der Waals surface area (Å²) < 4.78 is 12.9. The fourth-order valence-corrected chi connectivity index (χ4v) is 1.45. The van der Waals surface area contributed by atoms with Crippen LogP contribution < -0.4 is 10.2 Å². The Morgan fingerprint density at radius 3 is 3.00 bits per heavy atom. The van der Waals surface area contributed by atoms with Gasteiger partial charge in [-0.25, -0.2) is 4.98 Å². The van der Waals surface area contributed by atoms with Crippen LogP contribution in [-0.2, 0) is 6.42 Å². The zero-order valence-corrected chi connectivity index (χ0v) is 7.63. The number of rotatable bonds is 1. The van der Waals surface area contributed by atoms with Crippen LogP contribution in [0.2, 0.25) is 0 Å². The van der Waals surface area contributed by atoms with E-state index in [0.29, 0.717) is 18.9 Å². The van der Waals surface area contributed by atoms with E-state index in [9.17, 15) is 4.39 Å². The predicted octanol–water partition coefficient (Wildman–Crippen LogP) is 0.997. The molecule has 1 aliphatic rings. The van der Waals surface area contributed by atoms with Crippen LogP contribution >= 0.6 is 0 Å². The number of fused-ring (bicyclic) bond motifs is 1. The molecule has 0 aliphatic carbocycles. The first kappa shape index (κ1) is 8.22. The van der Waals surface area contributed by atoms with Crippen molar-refractivity contribution in [3.8, 4) is 0 Å². The van der Waals surface area contributed by atoms with Crippen LogP contribution in [0.4, 0.5) is 15.9 Å². The highest BCUT2D eigenvalue weighted by Crippen LogP contribution is 2.30. The smallest absolute Gasteiger partial charge is 0.310 e. The fraction of sp³-hybridized carbons (Fsp3) is 0.500. The van der Waals surface area contributed by atoms with Gasteiger partial charge in [0.05, 0.1) is 12.4 Å². The second-order valence-corrected chi connectivity index (χ2v) is 3.02. The maximum Gasteiger partial charge on any atom is 0.310 e. The molecular weight excluding hydrogens is 171 g/mol. The minimum absolute atomic E-state index is 0.647. The summed E-state index contributed by atoms with van der Waals surface area (Å²) in [7, 11) is 1.87. The lowest BCUT2D eigenvalue weighted by Crippen LogP contribution is -2.16. The Morgan fingerprint density at radius 2 is 2.31 bits per heavy atom. The summed E-state index contributed by atoms with van der Waals surface area (Å²) in [5, 5.41) is 3.13. The zero-order chi connectivity index (χ0) is 9.42. The fourth-order valence-electron chi connectivity index (χ4n) is 1.45. The van der Waals surface area contributed by atoms with Gasteiger partial charge in [-0.05, 0) is 6.42 Å². The Labute approximate surface area is 75.8 Å². The number of nitrogens with one attached hydrogen (secondary N) is 1. The molecule has 0 fully saturated rings. The lowest BCUT2D eigenvalue weighted by molar-refractivity contribution is 0.534. The van der Waals surface area contributed by atoms with Gasteiger partial charge in [0.15, 0.2) is 5.82 Å². The third-order valence-corrected chi connectivity index (χ3v) is 2.13. The average molecular weight is 182 g/mol. The summed E-state index contributed by atoms with van der Waals surface area (Å²) in [5.74, 6) is 0.657. The number of hydrogen-bond donors (Lipinski definition) is 1. The molecule has 2 rings (SSSR count). The quantitative estimate of drug-likeness (QED) is 0.658. The first-order valence-corrected chi connectivity index (χ1v) is 4.23. The third-order valence-electron chi connectivity index (χ3n) is 2.13. The summed E-state index contributed by atoms with van der Waals surface area (Å²) >= 11 is 0. The molecule has 1 N–H and O–H groups in total. The third kappa shape index (κ3) is 1.20. The van der Waals surface area contributed by atoms with Gasteiger partial charge >= 0.3 is 6.08 Å². The second-order valence-electron chi connectivity index (χ2n) is 3.02. The SMILES string of the molecule is CCc1nc(F)nc2c1NCN2C. The Kier molecular flexibility index (Phi) is 1.79. The van der Waals surface area contributed by atoms with Crippen molar-refractivity contribution in [2.24, 2.45) is 0 Å². The van der Waals surface area contributed by atoms with Crippen LogP contribution in [0.5, 0.6) is 0 Å². The number of nitrogens with zero attached hydrogens (tertiary/aromatic N) is 3. The molecule has 0 saturated carbocycles. The molecule has 0 bridgehead atoms. The van der Waals surface area contributed by atoms with Crippen LogP contribution in [0.3, 0.4) is 0 Å². The normalized spacial score (nSPS) is 14.2. The van der Waals surface area contributed by atoms with Crippen molar-refractivity contribution in [1.82, 2.24) is 9.97 Å². The maximum atomic E-state index is 12.9. The molecule has 70 valence electrons. The molecule has 0 atom stereocenters. The van der Waals surface area contributed by atoms with Crippen molar-refractivity contribution < 1.29 is 4.39 Å². The minimum atomic E-state index is -0.647. The van der Waals surface area contributed by atoms with E-state index in [1.807, 2.05) is 18.9 Å². The van der Waals surface area contributed by atoms with Gasteiger partial charge in [0.2, 0.25) is 0 Å². The van der Waals surface area contributed by atoms with Crippen LogP contribution in [0.1, 0.15) is 12.6 Å². The lowest BCUT2D eigenvalue weighted by atomic mass is 10.3. The Balaban J connectivity index is 2.56. The summed E-state index contributed by atoms with van der Waals surface area (Å²) in [6.07, 6.45) is 0.0638. The Bertz CT molecular complexity index is 339. The van der Waals surface area contributed by atoms with E-state index in [0.717, 1.165) is 11.4 Å². The molecule has 0 aromatic carbocycles. The van der Waals surface area contributed by atoms with E-state index >= 15 is 0 Å². The molecule has 0 saturated heterocycles.